The molecule has 108 valence electrons. The van der Waals surface area contributed by atoms with Crippen molar-refractivity contribution in [1.82, 2.24) is 4.90 Å². The number of benzene rings is 1. The fraction of sp³-hybridized carbons (Fsp3) is 0.588. The highest BCUT2D eigenvalue weighted by Crippen LogP contribution is 2.44. The van der Waals surface area contributed by atoms with Crippen LogP contribution >= 0.6 is 0 Å². The zero-order valence-electron chi connectivity index (χ0n) is 12.0. The lowest BCUT2D eigenvalue weighted by atomic mass is 9.64. The van der Waals surface area contributed by atoms with Crippen molar-refractivity contribution in [3.05, 3.63) is 35.9 Å². The third kappa shape index (κ3) is 2.59. The van der Waals surface area contributed by atoms with E-state index in [0.717, 1.165) is 44.5 Å². The van der Waals surface area contributed by atoms with Crippen LogP contribution < -0.4 is 0 Å². The Balaban J connectivity index is 1.57. The summed E-state index contributed by atoms with van der Waals surface area (Å²) in [6.07, 6.45) is 5.54. The molecule has 2 aliphatic rings. The SMILES string of the molecule is O=C(OCCN1CCCC1)C1(c2ccccc2)CCC1. The largest absolute Gasteiger partial charge is 0.464 e. The molecule has 1 aliphatic carbocycles. The molecule has 0 aromatic heterocycles. The molecule has 20 heavy (non-hydrogen) atoms. The minimum atomic E-state index is -0.355. The van der Waals surface area contributed by atoms with Gasteiger partial charge in [0.15, 0.2) is 0 Å². The average molecular weight is 273 g/mol. The van der Waals surface area contributed by atoms with E-state index < -0.39 is 0 Å². The van der Waals surface area contributed by atoms with Gasteiger partial charge in [0.25, 0.3) is 0 Å². The standard InChI is InChI=1S/C17H23NO2/c19-16(20-14-13-18-11-4-5-12-18)17(9-6-10-17)15-7-2-1-3-8-15/h1-3,7-8H,4-6,9-14H2. The third-order valence-electron chi connectivity index (χ3n) is 4.76. The highest BCUT2D eigenvalue weighted by molar-refractivity contribution is 5.84. The Morgan fingerprint density at radius 3 is 2.40 bits per heavy atom. The van der Waals surface area contributed by atoms with Gasteiger partial charge in [0.2, 0.25) is 0 Å². The number of rotatable bonds is 5. The first-order valence-corrected chi connectivity index (χ1v) is 7.76. The Hall–Kier alpha value is -1.35. The predicted octanol–water partition coefficient (Wildman–Crippen LogP) is 2.75. The highest BCUT2D eigenvalue weighted by Gasteiger charge is 2.46. The van der Waals surface area contributed by atoms with Gasteiger partial charge in [-0.1, -0.05) is 36.8 Å². The van der Waals surface area contributed by atoms with Gasteiger partial charge in [-0.05, 0) is 44.3 Å². The first-order valence-electron chi connectivity index (χ1n) is 7.76. The summed E-state index contributed by atoms with van der Waals surface area (Å²) in [6.45, 7) is 3.73. The van der Waals surface area contributed by atoms with E-state index in [0.29, 0.717) is 6.61 Å². The molecule has 1 heterocycles. The maximum Gasteiger partial charge on any atom is 0.316 e. The summed E-state index contributed by atoms with van der Waals surface area (Å²) in [7, 11) is 0. The molecule has 0 atom stereocenters. The lowest BCUT2D eigenvalue weighted by Crippen LogP contribution is -2.44. The van der Waals surface area contributed by atoms with Crippen LogP contribution in [0.2, 0.25) is 0 Å². The summed E-state index contributed by atoms with van der Waals surface area (Å²) in [6, 6.07) is 10.1. The van der Waals surface area contributed by atoms with Gasteiger partial charge < -0.3 is 4.74 Å². The van der Waals surface area contributed by atoms with Crippen LogP contribution in [-0.2, 0) is 14.9 Å². The van der Waals surface area contributed by atoms with Crippen LogP contribution in [0.1, 0.15) is 37.7 Å². The average Bonchev–Trinajstić information content (AvgIpc) is 2.92. The number of nitrogens with zero attached hydrogens (tertiary/aromatic N) is 1. The first kappa shape index (κ1) is 13.6. The molecule has 0 N–H and O–H groups in total. The van der Waals surface area contributed by atoms with E-state index in [-0.39, 0.29) is 11.4 Å². The van der Waals surface area contributed by atoms with E-state index >= 15 is 0 Å². The number of ether oxygens (including phenoxy) is 1. The smallest absolute Gasteiger partial charge is 0.316 e. The van der Waals surface area contributed by atoms with Crippen molar-refractivity contribution < 1.29 is 9.53 Å². The third-order valence-corrected chi connectivity index (χ3v) is 4.76. The molecule has 0 radical (unpaired) electrons. The normalized spacial score (nSPS) is 21.4. The fourth-order valence-electron chi connectivity index (χ4n) is 3.31. The van der Waals surface area contributed by atoms with Crippen LogP contribution in [0.5, 0.6) is 0 Å². The van der Waals surface area contributed by atoms with Crippen LogP contribution in [0.25, 0.3) is 0 Å². The van der Waals surface area contributed by atoms with Crippen molar-refractivity contribution in [2.24, 2.45) is 0 Å². The maximum atomic E-state index is 12.5. The lowest BCUT2D eigenvalue weighted by molar-refractivity contribution is -0.154. The van der Waals surface area contributed by atoms with Crippen LogP contribution in [-0.4, -0.2) is 37.1 Å². The molecule has 0 spiro atoms. The summed E-state index contributed by atoms with van der Waals surface area (Å²) >= 11 is 0. The summed E-state index contributed by atoms with van der Waals surface area (Å²) in [4.78, 5) is 14.9. The van der Waals surface area contributed by atoms with Gasteiger partial charge in [-0.15, -0.1) is 0 Å². The summed E-state index contributed by atoms with van der Waals surface area (Å²) < 4.78 is 5.59. The molecule has 1 aromatic rings. The Kier molecular flexibility index (Phi) is 4.06. The van der Waals surface area contributed by atoms with Gasteiger partial charge in [0.1, 0.15) is 6.61 Å². The molecule has 0 bridgehead atoms. The number of hydrogen-bond donors (Lipinski definition) is 0. The van der Waals surface area contributed by atoms with Crippen molar-refractivity contribution in [2.75, 3.05) is 26.2 Å². The second-order valence-corrected chi connectivity index (χ2v) is 5.99. The van der Waals surface area contributed by atoms with Crippen LogP contribution in [0, 0.1) is 0 Å². The second-order valence-electron chi connectivity index (χ2n) is 5.99. The molecule has 1 aromatic carbocycles. The van der Waals surface area contributed by atoms with Crippen molar-refractivity contribution >= 4 is 5.97 Å². The number of hydrogen-bond acceptors (Lipinski definition) is 3. The monoisotopic (exact) mass is 273 g/mol. The Morgan fingerprint density at radius 1 is 1.10 bits per heavy atom. The van der Waals surface area contributed by atoms with E-state index in [1.807, 2.05) is 18.2 Å². The first-order chi connectivity index (χ1) is 9.81. The summed E-state index contributed by atoms with van der Waals surface area (Å²) in [5.74, 6) is -0.0193. The van der Waals surface area contributed by atoms with Gasteiger partial charge in [-0.25, -0.2) is 0 Å². The quantitative estimate of drug-likeness (QED) is 0.773. The molecular formula is C17H23NO2. The number of likely N-dealkylation sites (tertiary alicyclic amines) is 1. The maximum absolute atomic E-state index is 12.5. The van der Waals surface area contributed by atoms with Gasteiger partial charge in [0, 0.05) is 6.54 Å². The summed E-state index contributed by atoms with van der Waals surface area (Å²) in [5, 5.41) is 0. The van der Waals surface area contributed by atoms with Gasteiger partial charge in [-0.3, -0.25) is 9.69 Å². The number of carbonyl (C=O) groups is 1. The molecule has 0 amide bonds. The Morgan fingerprint density at radius 2 is 1.80 bits per heavy atom. The van der Waals surface area contributed by atoms with E-state index in [1.54, 1.807) is 0 Å². The minimum Gasteiger partial charge on any atom is -0.464 e. The zero-order valence-corrected chi connectivity index (χ0v) is 12.0. The molecular weight excluding hydrogens is 250 g/mol. The van der Waals surface area contributed by atoms with Gasteiger partial charge >= 0.3 is 5.97 Å². The second kappa shape index (κ2) is 5.96. The van der Waals surface area contributed by atoms with Gasteiger partial charge in [-0.2, -0.15) is 0 Å². The number of carbonyl (C=O) groups excluding carboxylic acids is 1. The van der Waals surface area contributed by atoms with E-state index in [4.69, 9.17) is 4.74 Å². The molecule has 1 saturated heterocycles. The Labute approximate surface area is 120 Å². The van der Waals surface area contributed by atoms with Crippen molar-refractivity contribution in [2.45, 2.75) is 37.5 Å². The van der Waals surface area contributed by atoms with E-state index in [1.165, 1.54) is 12.8 Å². The molecule has 3 heteroatoms. The summed E-state index contributed by atoms with van der Waals surface area (Å²) in [5.41, 5.74) is 0.768. The van der Waals surface area contributed by atoms with Crippen LogP contribution in [0.15, 0.2) is 30.3 Å². The minimum absolute atomic E-state index is 0.0193. The van der Waals surface area contributed by atoms with E-state index in [2.05, 4.69) is 17.0 Å². The molecule has 3 rings (SSSR count). The number of esters is 1. The van der Waals surface area contributed by atoms with Crippen molar-refractivity contribution in [3.8, 4) is 0 Å². The molecule has 3 nitrogen and oxygen atoms in total. The fourth-order valence-corrected chi connectivity index (χ4v) is 3.31. The van der Waals surface area contributed by atoms with Crippen LogP contribution in [0.4, 0.5) is 0 Å². The Bertz CT molecular complexity index is 447. The molecule has 2 fully saturated rings. The van der Waals surface area contributed by atoms with Crippen molar-refractivity contribution in [1.29, 1.82) is 0 Å². The highest BCUT2D eigenvalue weighted by atomic mass is 16.5. The van der Waals surface area contributed by atoms with Crippen molar-refractivity contribution in [3.63, 3.8) is 0 Å². The van der Waals surface area contributed by atoms with E-state index in [9.17, 15) is 4.79 Å². The van der Waals surface area contributed by atoms with Gasteiger partial charge in [0.05, 0.1) is 5.41 Å². The molecule has 0 unspecified atom stereocenters. The molecule has 1 saturated carbocycles. The zero-order chi connectivity index (χ0) is 13.8. The molecule has 1 aliphatic heterocycles. The van der Waals surface area contributed by atoms with Crippen LogP contribution in [0.3, 0.4) is 0 Å². The topological polar surface area (TPSA) is 29.5 Å². The predicted molar refractivity (Wildman–Crippen MR) is 78.6 cm³/mol. The lowest BCUT2D eigenvalue weighted by Gasteiger charge is -2.39.